The summed E-state index contributed by atoms with van der Waals surface area (Å²) in [5.41, 5.74) is 24.5. The first kappa shape index (κ1) is 27.7. The van der Waals surface area contributed by atoms with E-state index in [0.717, 1.165) is 0 Å². The molecule has 0 spiro atoms. The van der Waals surface area contributed by atoms with Gasteiger partial charge in [0.1, 0.15) is 12.1 Å². The molecule has 0 aliphatic rings. The second kappa shape index (κ2) is 14.8. The van der Waals surface area contributed by atoms with Gasteiger partial charge in [0.25, 0.3) is 0 Å². The zero-order valence-electron chi connectivity index (χ0n) is 10.5. The fraction of sp³-hybridized carbons (Fsp3) is 0.600. The molecule has 0 rings (SSSR count). The van der Waals surface area contributed by atoms with E-state index in [1.165, 1.54) is 0 Å². The van der Waals surface area contributed by atoms with Crippen LogP contribution >= 0.6 is 0 Å². The van der Waals surface area contributed by atoms with Crippen LogP contribution in [-0.2, 0) is 9.59 Å². The van der Waals surface area contributed by atoms with Gasteiger partial charge in [-0.15, -0.1) is 0 Å². The highest BCUT2D eigenvalue weighted by Gasteiger charge is 2.10. The Labute approximate surface area is 128 Å². The number of aliphatic carboxylic acids is 2. The largest absolute Gasteiger partial charge is 0.480 e. The van der Waals surface area contributed by atoms with E-state index in [1.54, 1.807) is 0 Å². The number of urea groups is 1. The monoisotopic (exact) mass is 325 g/mol. The Bertz CT molecular complexity index is 371. The lowest BCUT2D eigenvalue weighted by molar-refractivity contribution is -0.139. The SMILES string of the molecule is C.C.NC(=O)NCC(N)C(=O)O.NC(N)=NCC(N)C(=O)O. The van der Waals surface area contributed by atoms with Gasteiger partial charge >= 0.3 is 18.0 Å². The summed E-state index contributed by atoms with van der Waals surface area (Å²) in [6, 6.07) is -2.90. The van der Waals surface area contributed by atoms with Crippen molar-refractivity contribution >= 4 is 23.9 Å². The van der Waals surface area contributed by atoms with E-state index < -0.39 is 30.1 Å². The Morgan fingerprint density at radius 2 is 1.36 bits per heavy atom. The van der Waals surface area contributed by atoms with Gasteiger partial charge in [0.15, 0.2) is 5.96 Å². The number of rotatable bonds is 6. The van der Waals surface area contributed by atoms with Crippen LogP contribution in [0.1, 0.15) is 14.9 Å². The van der Waals surface area contributed by atoms with Crippen LogP contribution in [0.4, 0.5) is 4.79 Å². The number of nitrogens with one attached hydrogen (secondary N) is 1. The molecule has 2 atom stereocenters. The number of hydrogen-bond acceptors (Lipinski definition) is 6. The minimum Gasteiger partial charge on any atom is -0.480 e. The lowest BCUT2D eigenvalue weighted by Gasteiger charge is -2.04. The fourth-order valence-corrected chi connectivity index (χ4v) is 0.580. The van der Waals surface area contributed by atoms with Crippen molar-refractivity contribution in [2.75, 3.05) is 13.1 Å². The summed E-state index contributed by atoms with van der Waals surface area (Å²) in [4.78, 5) is 33.4. The topological polar surface area (TPSA) is 246 Å². The molecule has 0 heterocycles. The second-order valence-electron chi connectivity index (χ2n) is 3.40. The Morgan fingerprint density at radius 3 is 1.64 bits per heavy atom. The number of nitrogens with zero attached hydrogens (tertiary/aromatic N) is 1. The van der Waals surface area contributed by atoms with Crippen molar-refractivity contribution in [1.29, 1.82) is 0 Å². The molecule has 0 aromatic carbocycles. The second-order valence-corrected chi connectivity index (χ2v) is 3.40. The Kier molecular flexibility index (Phi) is 18.6. The molecule has 12 heteroatoms. The number of amides is 2. The zero-order valence-corrected chi connectivity index (χ0v) is 10.5. The van der Waals surface area contributed by atoms with E-state index in [4.69, 9.17) is 33.1 Å². The quantitative estimate of drug-likeness (QED) is 0.183. The van der Waals surface area contributed by atoms with E-state index in [0.29, 0.717) is 0 Å². The normalized spacial score (nSPS) is 11.0. The molecule has 13 N–H and O–H groups in total. The average molecular weight is 325 g/mol. The van der Waals surface area contributed by atoms with Gasteiger partial charge in [-0.1, -0.05) is 14.9 Å². The fourth-order valence-electron chi connectivity index (χ4n) is 0.580. The molecule has 132 valence electrons. The number of carboxylic acid groups (broad SMARTS) is 2. The Balaban J connectivity index is -0.000000135. The first-order chi connectivity index (χ1) is 9.07. The van der Waals surface area contributed by atoms with Crippen molar-refractivity contribution in [2.45, 2.75) is 26.9 Å². The maximum Gasteiger partial charge on any atom is 0.322 e. The molecule has 0 bridgehead atoms. The summed E-state index contributed by atoms with van der Waals surface area (Å²) in [6.07, 6.45) is 0. The van der Waals surface area contributed by atoms with Crippen molar-refractivity contribution in [3.8, 4) is 0 Å². The van der Waals surface area contributed by atoms with Gasteiger partial charge in [-0.25, -0.2) is 4.79 Å². The summed E-state index contributed by atoms with van der Waals surface area (Å²) in [5, 5.41) is 18.5. The van der Waals surface area contributed by atoms with Gasteiger partial charge in [-0.2, -0.15) is 0 Å². The molecule has 22 heavy (non-hydrogen) atoms. The predicted octanol–water partition coefficient (Wildman–Crippen LogP) is -2.99. The Morgan fingerprint density at radius 1 is 0.955 bits per heavy atom. The molecule has 0 aliphatic heterocycles. The first-order valence-electron chi connectivity index (χ1n) is 5.13. The van der Waals surface area contributed by atoms with E-state index in [-0.39, 0.29) is 33.9 Å². The third kappa shape index (κ3) is 19.7. The minimum absolute atomic E-state index is 0. The molecule has 2 unspecified atom stereocenters. The van der Waals surface area contributed by atoms with Crippen molar-refractivity contribution in [1.82, 2.24) is 5.32 Å². The van der Waals surface area contributed by atoms with Crippen LogP contribution < -0.4 is 34.0 Å². The van der Waals surface area contributed by atoms with Gasteiger partial charge in [0.05, 0.1) is 6.54 Å². The van der Waals surface area contributed by atoms with Crippen LogP contribution in [0, 0.1) is 0 Å². The number of guanidine groups is 1. The molecule has 12 nitrogen and oxygen atoms in total. The average Bonchev–Trinajstić information content (AvgIpc) is 2.33. The molecule has 0 saturated carbocycles. The standard InChI is InChI=1S/C4H10N4O2.C4H9N3O3.2CH4/c5-2(3(9)10)1-8-4(6)7;5-2(3(8)9)1-7-4(6)10;;/h2H,1,5H2,(H,9,10)(H4,6,7,8);2H,1,5H2,(H,8,9)(H3,6,7,10);2*1H4. The van der Waals surface area contributed by atoms with Crippen LogP contribution in [0.3, 0.4) is 0 Å². The molecule has 0 fully saturated rings. The van der Waals surface area contributed by atoms with Crippen molar-refractivity contribution in [2.24, 2.45) is 33.7 Å². The lowest BCUT2D eigenvalue weighted by Crippen LogP contribution is -2.44. The Hall–Kier alpha value is -2.60. The zero-order chi connectivity index (χ0) is 16.3. The summed E-state index contributed by atoms with van der Waals surface area (Å²) in [6.45, 7) is -0.234. The molecule has 0 radical (unpaired) electrons. The van der Waals surface area contributed by atoms with Gasteiger partial charge < -0.3 is 44.2 Å². The van der Waals surface area contributed by atoms with Gasteiger partial charge in [-0.3, -0.25) is 14.6 Å². The summed E-state index contributed by atoms with van der Waals surface area (Å²) in [5.74, 6) is -2.45. The third-order valence-corrected chi connectivity index (χ3v) is 1.60. The van der Waals surface area contributed by atoms with Crippen LogP contribution in [-0.4, -0.2) is 59.3 Å². The van der Waals surface area contributed by atoms with Crippen molar-refractivity contribution in [3.63, 3.8) is 0 Å². The summed E-state index contributed by atoms with van der Waals surface area (Å²) < 4.78 is 0. The van der Waals surface area contributed by atoms with Crippen molar-refractivity contribution < 1.29 is 24.6 Å². The number of aliphatic imine (C=N–C) groups is 1. The maximum atomic E-state index is 10.0. The maximum absolute atomic E-state index is 10.0. The van der Waals surface area contributed by atoms with E-state index >= 15 is 0 Å². The minimum atomic E-state index is -1.17. The van der Waals surface area contributed by atoms with Crippen LogP contribution in [0.15, 0.2) is 4.99 Å². The highest BCUT2D eigenvalue weighted by molar-refractivity contribution is 5.77. The molecule has 2 amide bonds. The lowest BCUT2D eigenvalue weighted by atomic mass is 10.3. The number of hydrogen-bond donors (Lipinski definition) is 8. The van der Waals surface area contributed by atoms with Crippen molar-refractivity contribution in [3.05, 3.63) is 0 Å². The molecule has 0 saturated heterocycles. The number of carboxylic acids is 2. The van der Waals surface area contributed by atoms with Gasteiger partial charge in [0, 0.05) is 6.54 Å². The van der Waals surface area contributed by atoms with Crippen LogP contribution in [0.25, 0.3) is 0 Å². The third-order valence-electron chi connectivity index (χ3n) is 1.60. The van der Waals surface area contributed by atoms with Gasteiger partial charge in [-0.05, 0) is 0 Å². The van der Waals surface area contributed by atoms with Crippen LogP contribution in [0.5, 0.6) is 0 Å². The highest BCUT2D eigenvalue weighted by Crippen LogP contribution is 1.78. The first-order valence-corrected chi connectivity index (χ1v) is 5.13. The summed E-state index contributed by atoms with van der Waals surface area (Å²) >= 11 is 0. The number of primary amides is 1. The predicted molar refractivity (Wildman–Crippen MR) is 82.9 cm³/mol. The number of nitrogens with two attached hydrogens (primary N) is 5. The summed E-state index contributed by atoms with van der Waals surface area (Å²) in [7, 11) is 0. The number of carbonyl (C=O) groups is 3. The molecule has 0 aliphatic carbocycles. The molecule has 0 aromatic rings. The van der Waals surface area contributed by atoms with Crippen LogP contribution in [0.2, 0.25) is 0 Å². The molecular weight excluding hydrogens is 298 g/mol. The smallest absolute Gasteiger partial charge is 0.322 e. The highest BCUT2D eigenvalue weighted by atomic mass is 16.4. The van der Waals surface area contributed by atoms with E-state index in [2.05, 4.69) is 16.0 Å². The van der Waals surface area contributed by atoms with E-state index in [1.807, 2.05) is 0 Å². The molecular formula is C10H27N7O5. The molecule has 0 aromatic heterocycles. The van der Waals surface area contributed by atoms with E-state index in [9.17, 15) is 14.4 Å². The van der Waals surface area contributed by atoms with Gasteiger partial charge in [0.2, 0.25) is 0 Å². The number of carbonyl (C=O) groups excluding carboxylic acids is 1.